The lowest BCUT2D eigenvalue weighted by Gasteiger charge is -2.15. The summed E-state index contributed by atoms with van der Waals surface area (Å²) in [5, 5.41) is 6.67. The fourth-order valence-corrected chi connectivity index (χ4v) is 2.80. The third-order valence-corrected chi connectivity index (χ3v) is 4.40. The molecule has 2 aromatic carbocycles. The van der Waals surface area contributed by atoms with Crippen LogP contribution >= 0.6 is 24.0 Å². The standard InChI is InChI=1S/C24H34N4O2.HI/c1-5-16-30-23-10-7-6-9-21(23)19-27-24(25-2)26-18-20-11-13-22(14-12-20)29-17-8-15-28(3)4;/h5-7,9-14H,1,8,15-19H2,2-4H3,(H2,25,26,27);1H. The van der Waals surface area contributed by atoms with Gasteiger partial charge in [0.05, 0.1) is 6.61 Å². The molecule has 0 saturated carbocycles. The van der Waals surface area contributed by atoms with Crippen LogP contribution in [0.4, 0.5) is 0 Å². The third kappa shape index (κ3) is 10.5. The van der Waals surface area contributed by atoms with Crippen molar-refractivity contribution < 1.29 is 9.47 Å². The van der Waals surface area contributed by atoms with Gasteiger partial charge < -0.3 is 25.0 Å². The molecule has 170 valence electrons. The number of hydrogen-bond acceptors (Lipinski definition) is 4. The number of halogens is 1. The van der Waals surface area contributed by atoms with Gasteiger partial charge in [0, 0.05) is 32.2 Å². The molecule has 0 radical (unpaired) electrons. The predicted molar refractivity (Wildman–Crippen MR) is 140 cm³/mol. The van der Waals surface area contributed by atoms with E-state index in [0.717, 1.165) is 48.2 Å². The van der Waals surface area contributed by atoms with E-state index in [1.54, 1.807) is 13.1 Å². The van der Waals surface area contributed by atoms with E-state index < -0.39 is 0 Å². The highest BCUT2D eigenvalue weighted by atomic mass is 127. The minimum atomic E-state index is 0. The monoisotopic (exact) mass is 538 g/mol. The van der Waals surface area contributed by atoms with Crippen molar-refractivity contribution in [2.45, 2.75) is 19.5 Å². The first kappa shape index (κ1) is 26.8. The molecule has 0 aliphatic rings. The van der Waals surface area contributed by atoms with Gasteiger partial charge in [-0.25, -0.2) is 0 Å². The van der Waals surface area contributed by atoms with Crippen molar-refractivity contribution >= 4 is 29.9 Å². The minimum Gasteiger partial charge on any atom is -0.494 e. The SMILES string of the molecule is C=CCOc1ccccc1CNC(=NC)NCc1ccc(OCCCN(C)C)cc1.I. The summed E-state index contributed by atoms with van der Waals surface area (Å²) in [5.74, 6) is 2.48. The highest BCUT2D eigenvalue weighted by Gasteiger charge is 2.04. The van der Waals surface area contributed by atoms with E-state index in [0.29, 0.717) is 19.7 Å². The Labute approximate surface area is 203 Å². The highest BCUT2D eigenvalue weighted by Crippen LogP contribution is 2.17. The average Bonchev–Trinajstić information content (AvgIpc) is 2.76. The Morgan fingerprint density at radius 1 is 1.03 bits per heavy atom. The molecule has 0 aliphatic carbocycles. The van der Waals surface area contributed by atoms with Crippen LogP contribution in [0.25, 0.3) is 0 Å². The lowest BCUT2D eigenvalue weighted by molar-refractivity contribution is 0.281. The number of aliphatic imine (C=N–C) groups is 1. The Kier molecular flexibility index (Phi) is 13.4. The van der Waals surface area contributed by atoms with Crippen LogP contribution in [-0.4, -0.2) is 51.8 Å². The van der Waals surface area contributed by atoms with Crippen LogP contribution in [0, 0.1) is 0 Å². The molecule has 31 heavy (non-hydrogen) atoms. The molecule has 2 aromatic rings. The molecule has 0 aliphatic heterocycles. The van der Waals surface area contributed by atoms with E-state index >= 15 is 0 Å². The van der Waals surface area contributed by atoms with E-state index in [1.807, 2.05) is 36.4 Å². The van der Waals surface area contributed by atoms with Gasteiger partial charge in [0.2, 0.25) is 0 Å². The molecule has 0 unspecified atom stereocenters. The van der Waals surface area contributed by atoms with Crippen LogP contribution in [0.3, 0.4) is 0 Å². The predicted octanol–water partition coefficient (Wildman–Crippen LogP) is 4.07. The van der Waals surface area contributed by atoms with Crippen molar-refractivity contribution in [1.82, 2.24) is 15.5 Å². The fraction of sp³-hybridized carbons (Fsp3) is 0.375. The summed E-state index contributed by atoms with van der Waals surface area (Å²) >= 11 is 0. The van der Waals surface area contributed by atoms with Crippen LogP contribution in [-0.2, 0) is 13.1 Å². The Morgan fingerprint density at radius 2 is 1.74 bits per heavy atom. The van der Waals surface area contributed by atoms with E-state index in [1.165, 1.54) is 0 Å². The smallest absolute Gasteiger partial charge is 0.191 e. The second kappa shape index (κ2) is 15.5. The van der Waals surface area contributed by atoms with Crippen LogP contribution in [0.5, 0.6) is 11.5 Å². The van der Waals surface area contributed by atoms with Crippen molar-refractivity contribution in [3.63, 3.8) is 0 Å². The topological polar surface area (TPSA) is 58.1 Å². The highest BCUT2D eigenvalue weighted by molar-refractivity contribution is 14.0. The number of benzene rings is 2. The summed E-state index contributed by atoms with van der Waals surface area (Å²) in [4.78, 5) is 6.46. The number of nitrogens with one attached hydrogen (secondary N) is 2. The molecule has 2 N–H and O–H groups in total. The van der Waals surface area contributed by atoms with Crippen molar-refractivity contribution in [2.24, 2.45) is 4.99 Å². The Hall–Kier alpha value is -2.26. The molecule has 0 spiro atoms. The lowest BCUT2D eigenvalue weighted by atomic mass is 10.2. The summed E-state index contributed by atoms with van der Waals surface area (Å²) in [6, 6.07) is 16.1. The zero-order chi connectivity index (χ0) is 21.6. The van der Waals surface area contributed by atoms with Crippen molar-refractivity contribution in [1.29, 1.82) is 0 Å². The quantitative estimate of drug-likeness (QED) is 0.140. The van der Waals surface area contributed by atoms with Gasteiger partial charge in [-0.3, -0.25) is 4.99 Å². The molecule has 0 atom stereocenters. The van der Waals surface area contributed by atoms with Crippen molar-refractivity contribution in [3.05, 3.63) is 72.3 Å². The summed E-state index contributed by atoms with van der Waals surface area (Å²) in [6.07, 6.45) is 2.75. The minimum absolute atomic E-state index is 0. The maximum absolute atomic E-state index is 5.78. The first-order valence-electron chi connectivity index (χ1n) is 10.2. The zero-order valence-corrected chi connectivity index (χ0v) is 21.1. The zero-order valence-electron chi connectivity index (χ0n) is 18.8. The molecule has 0 amide bonds. The second-order valence-corrected chi connectivity index (χ2v) is 7.14. The van der Waals surface area contributed by atoms with E-state index in [-0.39, 0.29) is 24.0 Å². The average molecular weight is 538 g/mol. The lowest BCUT2D eigenvalue weighted by Crippen LogP contribution is -2.36. The van der Waals surface area contributed by atoms with E-state index in [9.17, 15) is 0 Å². The van der Waals surface area contributed by atoms with E-state index in [4.69, 9.17) is 9.47 Å². The van der Waals surface area contributed by atoms with Gasteiger partial charge in [-0.05, 0) is 44.3 Å². The number of nitrogens with zero attached hydrogens (tertiary/aromatic N) is 2. The molecular formula is C24H35IN4O2. The molecule has 6 nitrogen and oxygen atoms in total. The fourth-order valence-electron chi connectivity index (χ4n) is 2.80. The Balaban J connectivity index is 0.00000480. The summed E-state index contributed by atoms with van der Waals surface area (Å²) in [7, 11) is 5.90. The van der Waals surface area contributed by atoms with Gasteiger partial charge in [0.25, 0.3) is 0 Å². The number of rotatable bonds is 12. The first-order chi connectivity index (χ1) is 14.6. The number of hydrogen-bond donors (Lipinski definition) is 2. The van der Waals surface area contributed by atoms with Crippen LogP contribution in [0.1, 0.15) is 17.5 Å². The Morgan fingerprint density at radius 3 is 2.42 bits per heavy atom. The molecule has 0 bridgehead atoms. The van der Waals surface area contributed by atoms with Crippen LogP contribution in [0.2, 0.25) is 0 Å². The third-order valence-electron chi connectivity index (χ3n) is 4.40. The molecule has 0 aromatic heterocycles. The van der Waals surface area contributed by atoms with Gasteiger partial charge in [-0.1, -0.05) is 43.0 Å². The summed E-state index contributed by atoms with van der Waals surface area (Å²) < 4.78 is 11.5. The Bertz CT molecular complexity index is 794. The van der Waals surface area contributed by atoms with Gasteiger partial charge in [0.15, 0.2) is 5.96 Å². The van der Waals surface area contributed by atoms with Gasteiger partial charge in [0.1, 0.15) is 18.1 Å². The van der Waals surface area contributed by atoms with Crippen molar-refractivity contribution in [3.8, 4) is 11.5 Å². The first-order valence-corrected chi connectivity index (χ1v) is 10.2. The number of ether oxygens (including phenoxy) is 2. The maximum atomic E-state index is 5.78. The molecule has 7 heteroatoms. The largest absolute Gasteiger partial charge is 0.494 e. The second-order valence-electron chi connectivity index (χ2n) is 7.14. The maximum Gasteiger partial charge on any atom is 0.191 e. The van der Waals surface area contributed by atoms with Crippen molar-refractivity contribution in [2.75, 3.05) is 40.9 Å². The van der Waals surface area contributed by atoms with Crippen LogP contribution < -0.4 is 20.1 Å². The van der Waals surface area contributed by atoms with E-state index in [2.05, 4.69) is 53.3 Å². The van der Waals surface area contributed by atoms with Gasteiger partial charge >= 0.3 is 0 Å². The van der Waals surface area contributed by atoms with Crippen LogP contribution in [0.15, 0.2) is 66.2 Å². The van der Waals surface area contributed by atoms with Gasteiger partial charge in [-0.15, -0.1) is 24.0 Å². The molecule has 0 fully saturated rings. The summed E-state index contributed by atoms with van der Waals surface area (Å²) in [6.45, 7) is 7.23. The normalized spacial score (nSPS) is 10.9. The molecular weight excluding hydrogens is 503 g/mol. The van der Waals surface area contributed by atoms with Gasteiger partial charge in [-0.2, -0.15) is 0 Å². The molecule has 0 heterocycles. The number of guanidine groups is 1. The number of para-hydroxylation sites is 1. The summed E-state index contributed by atoms with van der Waals surface area (Å²) in [5.41, 5.74) is 2.23. The molecule has 0 saturated heterocycles. The molecule has 2 rings (SSSR count).